The van der Waals surface area contributed by atoms with E-state index in [1.54, 1.807) is 43.5 Å². The summed E-state index contributed by atoms with van der Waals surface area (Å²) >= 11 is 0. The lowest BCUT2D eigenvalue weighted by Gasteiger charge is -2.07. The van der Waals surface area contributed by atoms with Gasteiger partial charge in [-0.05, 0) is 36.8 Å². The Morgan fingerprint density at radius 3 is 2.38 bits per heavy atom. The molecule has 0 spiro atoms. The lowest BCUT2D eigenvalue weighted by atomic mass is 10.1. The van der Waals surface area contributed by atoms with Crippen molar-refractivity contribution in [3.8, 4) is 5.75 Å². The molecule has 0 aliphatic rings. The topological polar surface area (TPSA) is 98.5 Å². The monoisotopic (exact) mass is 356 g/mol. The van der Waals surface area contributed by atoms with Crippen LogP contribution in [0.15, 0.2) is 42.5 Å². The quantitative estimate of drug-likeness (QED) is 0.441. The molecular weight excluding hydrogens is 336 g/mol. The number of hydrogen-bond donors (Lipinski definition) is 1. The van der Waals surface area contributed by atoms with Gasteiger partial charge < -0.3 is 10.1 Å². The number of hydrogen-bond acceptors (Lipinski definition) is 5. The number of Topliss-reactive ketones (excluding diaryl/α,β-unsaturated/α-hetero) is 1. The Labute approximate surface area is 151 Å². The molecule has 0 aliphatic carbocycles. The molecule has 7 heteroatoms. The Balaban J connectivity index is 1.95. The maximum Gasteiger partial charge on any atom is 0.274 e. The van der Waals surface area contributed by atoms with Crippen LogP contribution in [0.4, 0.5) is 11.4 Å². The summed E-state index contributed by atoms with van der Waals surface area (Å²) in [6.45, 7) is 1.82. The van der Waals surface area contributed by atoms with Gasteiger partial charge in [-0.1, -0.05) is 13.0 Å². The second kappa shape index (κ2) is 8.75. The third-order valence-electron chi connectivity index (χ3n) is 3.94. The average molecular weight is 356 g/mol. The normalized spacial score (nSPS) is 10.2. The van der Waals surface area contributed by atoms with Gasteiger partial charge in [0.25, 0.3) is 5.69 Å². The fourth-order valence-corrected chi connectivity index (χ4v) is 2.48. The molecule has 0 saturated carbocycles. The first-order chi connectivity index (χ1) is 12.4. The summed E-state index contributed by atoms with van der Waals surface area (Å²) in [7, 11) is 1.54. The van der Waals surface area contributed by atoms with Crippen LogP contribution in [0.2, 0.25) is 0 Å². The minimum absolute atomic E-state index is 0.00576. The molecule has 2 rings (SSSR count). The summed E-state index contributed by atoms with van der Waals surface area (Å²) in [4.78, 5) is 34.8. The van der Waals surface area contributed by atoms with Crippen LogP contribution >= 0.6 is 0 Å². The zero-order chi connectivity index (χ0) is 19.1. The fraction of sp³-hybridized carbons (Fsp3) is 0.263. The highest BCUT2D eigenvalue weighted by Crippen LogP contribution is 2.24. The summed E-state index contributed by atoms with van der Waals surface area (Å²) in [5, 5.41) is 13.7. The number of carbonyl (C=O) groups excluding carboxylic acids is 2. The minimum Gasteiger partial charge on any atom is -0.497 e. The van der Waals surface area contributed by atoms with Gasteiger partial charge >= 0.3 is 0 Å². The van der Waals surface area contributed by atoms with Crippen molar-refractivity contribution < 1.29 is 19.2 Å². The summed E-state index contributed by atoms with van der Waals surface area (Å²) in [5.74, 6) is 0.122. The van der Waals surface area contributed by atoms with E-state index in [2.05, 4.69) is 5.32 Å². The Morgan fingerprint density at radius 2 is 1.81 bits per heavy atom. The maximum atomic E-state index is 12.1. The summed E-state index contributed by atoms with van der Waals surface area (Å²) in [5.41, 5.74) is 1.42. The molecular formula is C19H20N2O5. The lowest BCUT2D eigenvalue weighted by Crippen LogP contribution is -2.13. The van der Waals surface area contributed by atoms with E-state index in [9.17, 15) is 19.7 Å². The van der Waals surface area contributed by atoms with Crippen LogP contribution in [-0.4, -0.2) is 23.7 Å². The van der Waals surface area contributed by atoms with Crippen LogP contribution in [-0.2, 0) is 11.2 Å². The van der Waals surface area contributed by atoms with Gasteiger partial charge in [-0.2, -0.15) is 0 Å². The van der Waals surface area contributed by atoms with E-state index in [1.165, 1.54) is 6.07 Å². The first-order valence-electron chi connectivity index (χ1n) is 8.19. The number of benzene rings is 2. The zero-order valence-corrected chi connectivity index (χ0v) is 14.7. The predicted molar refractivity (Wildman–Crippen MR) is 97.7 cm³/mol. The molecule has 0 fully saturated rings. The van der Waals surface area contributed by atoms with Gasteiger partial charge in [0.2, 0.25) is 5.91 Å². The fourth-order valence-electron chi connectivity index (χ4n) is 2.48. The van der Waals surface area contributed by atoms with Crippen LogP contribution in [0.3, 0.4) is 0 Å². The molecule has 0 bridgehead atoms. The van der Waals surface area contributed by atoms with Crippen LogP contribution in [0, 0.1) is 10.1 Å². The van der Waals surface area contributed by atoms with Crippen molar-refractivity contribution in [1.82, 2.24) is 0 Å². The third kappa shape index (κ3) is 4.89. The number of carbonyl (C=O) groups is 2. The molecule has 0 unspecified atom stereocenters. The number of nitrogens with zero attached hydrogens (tertiary/aromatic N) is 1. The molecule has 26 heavy (non-hydrogen) atoms. The number of methoxy groups -OCH3 is 1. The van der Waals surface area contributed by atoms with Crippen molar-refractivity contribution in [2.75, 3.05) is 12.4 Å². The van der Waals surface area contributed by atoms with Crippen molar-refractivity contribution >= 4 is 23.1 Å². The second-order valence-corrected chi connectivity index (χ2v) is 5.65. The largest absolute Gasteiger partial charge is 0.497 e. The van der Waals surface area contributed by atoms with E-state index in [1.807, 2.05) is 6.92 Å². The highest BCUT2D eigenvalue weighted by atomic mass is 16.6. The van der Waals surface area contributed by atoms with Crippen LogP contribution in [0.5, 0.6) is 5.75 Å². The number of anilines is 1. The molecule has 136 valence electrons. The van der Waals surface area contributed by atoms with Gasteiger partial charge in [-0.3, -0.25) is 19.7 Å². The van der Waals surface area contributed by atoms with Crippen molar-refractivity contribution in [1.29, 1.82) is 0 Å². The van der Waals surface area contributed by atoms with Crippen LogP contribution in [0.1, 0.15) is 35.7 Å². The maximum absolute atomic E-state index is 12.1. The van der Waals surface area contributed by atoms with Gasteiger partial charge in [0.15, 0.2) is 5.78 Å². The van der Waals surface area contributed by atoms with E-state index in [4.69, 9.17) is 4.74 Å². The van der Waals surface area contributed by atoms with E-state index in [0.29, 0.717) is 29.0 Å². The zero-order valence-electron chi connectivity index (χ0n) is 14.7. The molecule has 0 aromatic heterocycles. The Bertz CT molecular complexity index is 815. The van der Waals surface area contributed by atoms with Gasteiger partial charge in [0.05, 0.1) is 12.0 Å². The molecule has 0 heterocycles. The molecule has 0 radical (unpaired) electrons. The van der Waals surface area contributed by atoms with Crippen LogP contribution < -0.4 is 10.1 Å². The number of nitro benzene ring substituents is 1. The number of aryl methyl sites for hydroxylation is 1. The summed E-state index contributed by atoms with van der Waals surface area (Å²) in [6.07, 6.45) is 0.572. The van der Waals surface area contributed by atoms with Crippen LogP contribution in [0.25, 0.3) is 0 Å². The summed E-state index contributed by atoms with van der Waals surface area (Å²) < 4.78 is 5.03. The molecule has 0 atom stereocenters. The molecule has 2 aromatic rings. The first-order valence-corrected chi connectivity index (χ1v) is 8.19. The van der Waals surface area contributed by atoms with E-state index >= 15 is 0 Å². The predicted octanol–water partition coefficient (Wildman–Crippen LogP) is 3.77. The SMILES string of the molecule is CCc1ccc(NC(=O)CCC(=O)c2ccc(OC)cc2)cc1[N+](=O)[O-]. The van der Waals surface area contributed by atoms with E-state index in [-0.39, 0.29) is 30.2 Å². The average Bonchev–Trinajstić information content (AvgIpc) is 2.66. The number of ketones is 1. The summed E-state index contributed by atoms with van der Waals surface area (Å²) in [6, 6.07) is 11.2. The van der Waals surface area contributed by atoms with Crippen molar-refractivity contribution in [2.24, 2.45) is 0 Å². The number of nitro groups is 1. The molecule has 2 aromatic carbocycles. The lowest BCUT2D eigenvalue weighted by molar-refractivity contribution is -0.385. The standard InChI is InChI=1S/C19H20N2O5/c1-3-13-4-7-15(12-17(13)21(24)25)20-19(23)11-10-18(22)14-5-8-16(26-2)9-6-14/h4-9,12H,3,10-11H2,1-2H3,(H,20,23). The van der Waals surface area contributed by atoms with E-state index in [0.717, 1.165) is 0 Å². The number of ether oxygens (including phenoxy) is 1. The molecule has 7 nitrogen and oxygen atoms in total. The number of amides is 1. The number of nitrogens with one attached hydrogen (secondary N) is 1. The van der Waals surface area contributed by atoms with Gasteiger partial charge in [0.1, 0.15) is 5.75 Å². The third-order valence-corrected chi connectivity index (χ3v) is 3.94. The van der Waals surface area contributed by atoms with Gasteiger partial charge in [-0.15, -0.1) is 0 Å². The van der Waals surface area contributed by atoms with Gasteiger partial charge in [-0.25, -0.2) is 0 Å². The van der Waals surface area contributed by atoms with Gasteiger partial charge in [0, 0.05) is 35.7 Å². The second-order valence-electron chi connectivity index (χ2n) is 5.65. The smallest absolute Gasteiger partial charge is 0.274 e. The van der Waals surface area contributed by atoms with Crippen molar-refractivity contribution in [3.05, 3.63) is 63.7 Å². The highest BCUT2D eigenvalue weighted by Gasteiger charge is 2.15. The molecule has 1 amide bonds. The van der Waals surface area contributed by atoms with E-state index < -0.39 is 4.92 Å². The Morgan fingerprint density at radius 1 is 1.12 bits per heavy atom. The molecule has 0 saturated heterocycles. The number of rotatable bonds is 8. The minimum atomic E-state index is -0.471. The Kier molecular flexibility index (Phi) is 6.43. The Hall–Kier alpha value is -3.22. The molecule has 0 aliphatic heterocycles. The molecule has 1 N–H and O–H groups in total. The van der Waals surface area contributed by atoms with Crippen molar-refractivity contribution in [3.63, 3.8) is 0 Å². The first kappa shape index (κ1) is 19.1. The highest BCUT2D eigenvalue weighted by molar-refractivity contribution is 6.00. The van der Waals surface area contributed by atoms with Crippen molar-refractivity contribution in [2.45, 2.75) is 26.2 Å².